The third kappa shape index (κ3) is 3.45. The lowest BCUT2D eigenvalue weighted by molar-refractivity contribution is -0.304. The molecule has 2 spiro atoms. The van der Waals surface area contributed by atoms with Crippen LogP contribution in [-0.4, -0.2) is 54.9 Å². The van der Waals surface area contributed by atoms with Crippen LogP contribution in [0.2, 0.25) is 0 Å². The first-order chi connectivity index (χ1) is 14.0. The highest BCUT2D eigenvalue weighted by Crippen LogP contribution is 2.53. The fourth-order valence-electron chi connectivity index (χ4n) is 5.53. The van der Waals surface area contributed by atoms with Gasteiger partial charge in [-0.15, -0.1) is 0 Å². The maximum atomic E-state index is 12.1. The van der Waals surface area contributed by atoms with Crippen LogP contribution in [0.1, 0.15) is 71.1 Å². The Balaban J connectivity index is 1.40. The molecule has 4 atom stereocenters. The molecule has 0 amide bonds. The Morgan fingerprint density at radius 1 is 0.966 bits per heavy atom. The van der Waals surface area contributed by atoms with Crippen LogP contribution in [0.4, 0.5) is 0 Å². The first-order valence-corrected chi connectivity index (χ1v) is 11.2. The second-order valence-electron chi connectivity index (χ2n) is 9.30. The number of hydrogen-bond acceptors (Lipinski definition) is 7. The van der Waals surface area contributed by atoms with E-state index in [-0.39, 0.29) is 18.8 Å². The van der Waals surface area contributed by atoms with E-state index >= 15 is 0 Å². The van der Waals surface area contributed by atoms with Crippen molar-refractivity contribution in [2.75, 3.05) is 13.2 Å². The lowest BCUT2D eigenvalue weighted by Crippen LogP contribution is -2.60. The summed E-state index contributed by atoms with van der Waals surface area (Å²) in [5, 5.41) is 0. The molecule has 3 heterocycles. The topological polar surface area (TPSA) is 72.5 Å². The molecule has 5 fully saturated rings. The number of carbonyl (C=O) groups excluding carboxylic acids is 1. The summed E-state index contributed by atoms with van der Waals surface area (Å²) >= 11 is 0. The molecule has 3 saturated heterocycles. The predicted octanol–water partition coefficient (Wildman–Crippen LogP) is 3.35. The van der Waals surface area contributed by atoms with Gasteiger partial charge in [-0.2, -0.15) is 0 Å². The van der Waals surface area contributed by atoms with Crippen LogP contribution in [0.3, 0.4) is 0 Å². The van der Waals surface area contributed by atoms with Crippen molar-refractivity contribution in [3.05, 3.63) is 12.2 Å². The third-order valence-corrected chi connectivity index (χ3v) is 6.99. The standard InChI is InChI=1S/C22H32O7/c1-15(2)19(23)24-14-22-18(28-21(29-22)11-7-4-8-12-21)17-16(13-25-22)26-20(27-17)9-5-3-6-10-20/h16-18H,1,3-14H2,2H3/t16-,17-,18+,22+/m1/s1. The van der Waals surface area contributed by atoms with Crippen LogP contribution < -0.4 is 0 Å². The van der Waals surface area contributed by atoms with E-state index in [1.165, 1.54) is 12.8 Å². The van der Waals surface area contributed by atoms with E-state index in [1.807, 2.05) is 0 Å². The Morgan fingerprint density at radius 2 is 1.62 bits per heavy atom. The number of hydrogen-bond donors (Lipinski definition) is 0. The Bertz CT molecular complexity index is 664. The summed E-state index contributed by atoms with van der Waals surface area (Å²) in [5.74, 6) is -2.84. The number of ether oxygens (including phenoxy) is 6. The van der Waals surface area contributed by atoms with E-state index in [0.29, 0.717) is 12.2 Å². The summed E-state index contributed by atoms with van der Waals surface area (Å²) < 4.78 is 37.8. The van der Waals surface area contributed by atoms with E-state index in [0.717, 1.165) is 51.4 Å². The normalized spacial score (nSPS) is 39.8. The van der Waals surface area contributed by atoms with Crippen molar-refractivity contribution >= 4 is 5.97 Å². The van der Waals surface area contributed by atoms with Gasteiger partial charge in [-0.25, -0.2) is 4.79 Å². The van der Waals surface area contributed by atoms with Gasteiger partial charge in [0.25, 0.3) is 0 Å². The zero-order valence-corrected chi connectivity index (χ0v) is 17.3. The van der Waals surface area contributed by atoms with Gasteiger partial charge in [0.2, 0.25) is 5.79 Å². The second-order valence-corrected chi connectivity index (χ2v) is 9.30. The van der Waals surface area contributed by atoms with Crippen molar-refractivity contribution in [1.82, 2.24) is 0 Å². The molecule has 29 heavy (non-hydrogen) atoms. The SMILES string of the molecule is C=C(C)C(=O)OC[C@@]12OC[C@H]3OC4(CCCCC4)O[C@H]3[C@@H]1OC1(CCCCC1)O2. The van der Waals surface area contributed by atoms with Gasteiger partial charge in [-0.05, 0) is 32.6 Å². The summed E-state index contributed by atoms with van der Waals surface area (Å²) in [7, 11) is 0. The first kappa shape index (κ1) is 19.9. The zero-order chi connectivity index (χ0) is 20.1. The Hall–Kier alpha value is -0.990. The molecule has 0 aromatic heterocycles. The van der Waals surface area contributed by atoms with E-state index in [2.05, 4.69) is 6.58 Å². The van der Waals surface area contributed by atoms with Gasteiger partial charge in [0, 0.05) is 31.3 Å². The minimum atomic E-state index is -1.16. The van der Waals surface area contributed by atoms with Crippen LogP contribution in [-0.2, 0) is 33.2 Å². The molecular weight excluding hydrogens is 376 g/mol. The summed E-state index contributed by atoms with van der Waals surface area (Å²) in [5.41, 5.74) is 0.347. The number of carbonyl (C=O) groups is 1. The van der Waals surface area contributed by atoms with Crippen LogP contribution in [0, 0.1) is 0 Å². The highest BCUT2D eigenvalue weighted by molar-refractivity contribution is 5.86. The second kappa shape index (κ2) is 7.31. The van der Waals surface area contributed by atoms with Gasteiger partial charge in [0.15, 0.2) is 11.6 Å². The molecule has 7 nitrogen and oxygen atoms in total. The molecule has 0 radical (unpaired) electrons. The van der Waals surface area contributed by atoms with Crippen LogP contribution >= 0.6 is 0 Å². The molecule has 162 valence electrons. The average Bonchev–Trinajstić information content (AvgIpc) is 3.22. The van der Waals surface area contributed by atoms with Crippen molar-refractivity contribution in [3.63, 3.8) is 0 Å². The van der Waals surface area contributed by atoms with Crippen molar-refractivity contribution in [2.45, 2.75) is 107 Å². The van der Waals surface area contributed by atoms with Gasteiger partial charge >= 0.3 is 5.97 Å². The van der Waals surface area contributed by atoms with Crippen LogP contribution in [0.25, 0.3) is 0 Å². The first-order valence-electron chi connectivity index (χ1n) is 11.2. The average molecular weight is 408 g/mol. The van der Waals surface area contributed by atoms with Gasteiger partial charge in [-0.1, -0.05) is 19.4 Å². The predicted molar refractivity (Wildman–Crippen MR) is 102 cm³/mol. The van der Waals surface area contributed by atoms with E-state index in [1.54, 1.807) is 6.92 Å². The molecule has 0 bridgehead atoms. The Morgan fingerprint density at radius 3 is 2.28 bits per heavy atom. The number of rotatable bonds is 3. The highest BCUT2D eigenvalue weighted by atomic mass is 16.9. The molecule has 5 aliphatic rings. The lowest BCUT2D eigenvalue weighted by atomic mass is 9.94. The summed E-state index contributed by atoms with van der Waals surface area (Å²) in [6.45, 7) is 5.60. The molecule has 2 aliphatic carbocycles. The molecule has 2 saturated carbocycles. The van der Waals surface area contributed by atoms with Crippen molar-refractivity contribution in [1.29, 1.82) is 0 Å². The summed E-state index contributed by atoms with van der Waals surface area (Å²) in [6, 6.07) is 0. The van der Waals surface area contributed by atoms with E-state index < -0.39 is 29.4 Å². The van der Waals surface area contributed by atoms with E-state index in [9.17, 15) is 4.79 Å². The minimum absolute atomic E-state index is 0.0370. The molecule has 0 unspecified atom stereocenters. The number of esters is 1. The van der Waals surface area contributed by atoms with Crippen LogP contribution in [0.5, 0.6) is 0 Å². The third-order valence-electron chi connectivity index (χ3n) is 6.99. The summed E-state index contributed by atoms with van der Waals surface area (Å²) in [4.78, 5) is 12.1. The largest absolute Gasteiger partial charge is 0.456 e. The Labute approximate surface area is 172 Å². The molecule has 0 N–H and O–H groups in total. The van der Waals surface area contributed by atoms with Crippen LogP contribution in [0.15, 0.2) is 12.2 Å². The van der Waals surface area contributed by atoms with Gasteiger partial charge in [0.1, 0.15) is 24.9 Å². The Kier molecular flexibility index (Phi) is 5.02. The van der Waals surface area contributed by atoms with Gasteiger partial charge in [0.05, 0.1) is 6.61 Å². The fraction of sp³-hybridized carbons (Fsp3) is 0.864. The molecule has 7 heteroatoms. The van der Waals surface area contributed by atoms with Gasteiger partial charge < -0.3 is 28.4 Å². The van der Waals surface area contributed by atoms with Gasteiger partial charge in [-0.3, -0.25) is 0 Å². The lowest BCUT2D eigenvalue weighted by Gasteiger charge is -2.40. The molecular formula is C22H32O7. The van der Waals surface area contributed by atoms with E-state index in [4.69, 9.17) is 28.4 Å². The molecule has 0 aromatic carbocycles. The molecule has 3 aliphatic heterocycles. The number of fused-ring (bicyclic) bond motifs is 3. The molecule has 5 rings (SSSR count). The monoisotopic (exact) mass is 408 g/mol. The maximum Gasteiger partial charge on any atom is 0.333 e. The van der Waals surface area contributed by atoms with Crippen molar-refractivity contribution in [2.24, 2.45) is 0 Å². The van der Waals surface area contributed by atoms with Crippen molar-refractivity contribution in [3.8, 4) is 0 Å². The summed E-state index contributed by atoms with van der Waals surface area (Å²) in [6.07, 6.45) is 9.15. The highest BCUT2D eigenvalue weighted by Gasteiger charge is 2.68. The quantitative estimate of drug-likeness (QED) is 0.524. The van der Waals surface area contributed by atoms with Crippen molar-refractivity contribution < 1.29 is 33.2 Å². The minimum Gasteiger partial charge on any atom is -0.456 e. The zero-order valence-electron chi connectivity index (χ0n) is 17.3. The molecule has 0 aromatic rings. The fourth-order valence-corrected chi connectivity index (χ4v) is 5.53. The smallest absolute Gasteiger partial charge is 0.333 e. The maximum absolute atomic E-state index is 12.1.